The molecule has 1 fully saturated rings. The lowest BCUT2D eigenvalue weighted by Crippen LogP contribution is -2.29. The van der Waals surface area contributed by atoms with Gasteiger partial charge in [-0.25, -0.2) is 8.42 Å². The van der Waals surface area contributed by atoms with Gasteiger partial charge < -0.3 is 5.32 Å². The highest BCUT2D eigenvalue weighted by Gasteiger charge is 2.34. The highest BCUT2D eigenvalue weighted by atomic mass is 32.2. The van der Waals surface area contributed by atoms with Crippen LogP contribution in [0.4, 0.5) is 5.69 Å². The highest BCUT2D eigenvalue weighted by molar-refractivity contribution is 7.89. The topological polar surface area (TPSA) is 49.4 Å². The number of hydrogen-bond acceptors (Lipinski definition) is 3. The van der Waals surface area contributed by atoms with E-state index < -0.39 is 10.0 Å². The molecule has 19 heavy (non-hydrogen) atoms. The molecule has 1 aliphatic rings. The fourth-order valence-electron chi connectivity index (χ4n) is 2.37. The molecule has 1 aromatic carbocycles. The predicted molar refractivity (Wildman–Crippen MR) is 77.7 cm³/mol. The Morgan fingerprint density at radius 1 is 1.16 bits per heavy atom. The lowest BCUT2D eigenvalue weighted by atomic mass is 10.0. The van der Waals surface area contributed by atoms with Crippen LogP contribution in [-0.2, 0) is 10.0 Å². The third-order valence-corrected chi connectivity index (χ3v) is 5.67. The third-order valence-electron chi connectivity index (χ3n) is 3.83. The lowest BCUT2D eigenvalue weighted by Gasteiger charge is -2.16. The van der Waals surface area contributed by atoms with Crippen LogP contribution in [-0.4, -0.2) is 32.4 Å². The maximum atomic E-state index is 12.5. The van der Waals surface area contributed by atoms with E-state index in [1.807, 2.05) is 19.1 Å². The smallest absolute Gasteiger partial charge is 0.243 e. The fourth-order valence-corrected chi connectivity index (χ4v) is 4.01. The van der Waals surface area contributed by atoms with Gasteiger partial charge in [-0.05, 0) is 43.0 Å². The van der Waals surface area contributed by atoms with Crippen molar-refractivity contribution < 1.29 is 8.42 Å². The van der Waals surface area contributed by atoms with Crippen molar-refractivity contribution in [3.63, 3.8) is 0 Å². The van der Waals surface area contributed by atoms with Crippen molar-refractivity contribution in [2.45, 2.75) is 25.7 Å². The Hall–Kier alpha value is -1.07. The van der Waals surface area contributed by atoms with Crippen LogP contribution in [0.2, 0.25) is 0 Å². The monoisotopic (exact) mass is 282 g/mol. The van der Waals surface area contributed by atoms with Crippen molar-refractivity contribution in [1.29, 1.82) is 0 Å². The van der Waals surface area contributed by atoms with E-state index in [9.17, 15) is 8.42 Å². The van der Waals surface area contributed by atoms with E-state index in [1.54, 1.807) is 16.4 Å². The van der Waals surface area contributed by atoms with Crippen molar-refractivity contribution in [3.8, 4) is 0 Å². The zero-order valence-corrected chi connectivity index (χ0v) is 12.6. The molecule has 1 aromatic rings. The largest absolute Gasteiger partial charge is 0.385 e. The van der Waals surface area contributed by atoms with Crippen LogP contribution in [0.1, 0.15) is 20.8 Å². The van der Waals surface area contributed by atoms with Gasteiger partial charge in [0.05, 0.1) is 4.90 Å². The number of rotatable bonds is 4. The maximum absolute atomic E-state index is 12.5. The second kappa shape index (κ2) is 5.51. The van der Waals surface area contributed by atoms with E-state index in [2.05, 4.69) is 19.2 Å². The maximum Gasteiger partial charge on any atom is 0.243 e. The Morgan fingerprint density at radius 3 is 2.16 bits per heavy atom. The normalized spacial score (nSPS) is 24.6. The zero-order valence-electron chi connectivity index (χ0n) is 11.8. The summed E-state index contributed by atoms with van der Waals surface area (Å²) in [6, 6.07) is 7.00. The summed E-state index contributed by atoms with van der Waals surface area (Å²) in [6.45, 7) is 8.30. The summed E-state index contributed by atoms with van der Waals surface area (Å²) in [7, 11) is -3.33. The molecule has 2 atom stereocenters. The second-order valence-corrected chi connectivity index (χ2v) is 7.27. The van der Waals surface area contributed by atoms with Crippen molar-refractivity contribution in [2.75, 3.05) is 25.0 Å². The first-order valence-corrected chi connectivity index (χ1v) is 8.23. The molecule has 1 aliphatic heterocycles. The molecule has 0 spiro atoms. The van der Waals surface area contributed by atoms with Crippen molar-refractivity contribution >= 4 is 15.7 Å². The summed E-state index contributed by atoms with van der Waals surface area (Å²) in [5.41, 5.74) is 0.949. The van der Waals surface area contributed by atoms with Crippen LogP contribution in [0, 0.1) is 11.8 Å². The molecule has 0 radical (unpaired) electrons. The van der Waals surface area contributed by atoms with Gasteiger partial charge in [-0.3, -0.25) is 0 Å². The van der Waals surface area contributed by atoms with E-state index in [-0.39, 0.29) is 0 Å². The lowest BCUT2D eigenvalue weighted by molar-refractivity contribution is 0.463. The van der Waals surface area contributed by atoms with E-state index in [1.165, 1.54) is 0 Å². The van der Waals surface area contributed by atoms with Crippen LogP contribution in [0.3, 0.4) is 0 Å². The van der Waals surface area contributed by atoms with E-state index in [0.717, 1.165) is 12.2 Å². The highest BCUT2D eigenvalue weighted by Crippen LogP contribution is 2.28. The van der Waals surface area contributed by atoms with Crippen molar-refractivity contribution in [1.82, 2.24) is 4.31 Å². The molecule has 1 N–H and O–H groups in total. The number of hydrogen-bond donors (Lipinski definition) is 1. The minimum atomic E-state index is -3.33. The number of nitrogens with one attached hydrogen (secondary N) is 1. The Bertz CT molecular complexity index is 515. The van der Waals surface area contributed by atoms with Gasteiger partial charge in [0.1, 0.15) is 0 Å². The first-order valence-electron chi connectivity index (χ1n) is 6.79. The molecule has 2 unspecified atom stereocenters. The van der Waals surface area contributed by atoms with Gasteiger partial charge in [0.15, 0.2) is 0 Å². The summed E-state index contributed by atoms with van der Waals surface area (Å²) < 4.78 is 26.6. The molecule has 0 aromatic heterocycles. The molecule has 0 aliphatic carbocycles. The van der Waals surface area contributed by atoms with E-state index >= 15 is 0 Å². The average Bonchev–Trinajstić information content (AvgIpc) is 2.71. The van der Waals surface area contributed by atoms with Crippen LogP contribution < -0.4 is 5.32 Å². The van der Waals surface area contributed by atoms with Crippen LogP contribution in [0.5, 0.6) is 0 Å². The standard InChI is InChI=1S/C14H22N2O2S/c1-4-15-13-5-7-14(8-6-13)19(17,18)16-9-11(2)12(3)10-16/h5-8,11-12,15H,4,9-10H2,1-3H3. The number of anilines is 1. The summed E-state index contributed by atoms with van der Waals surface area (Å²) in [5.74, 6) is 0.853. The van der Waals surface area contributed by atoms with Gasteiger partial charge in [0.25, 0.3) is 0 Å². The zero-order chi connectivity index (χ0) is 14.0. The van der Waals surface area contributed by atoms with E-state index in [0.29, 0.717) is 29.8 Å². The average molecular weight is 282 g/mol. The van der Waals surface area contributed by atoms with Crippen LogP contribution in [0.25, 0.3) is 0 Å². The number of benzene rings is 1. The summed E-state index contributed by atoms with van der Waals surface area (Å²) in [5, 5.41) is 3.16. The quantitative estimate of drug-likeness (QED) is 0.922. The van der Waals surface area contributed by atoms with Gasteiger partial charge in [-0.15, -0.1) is 0 Å². The second-order valence-electron chi connectivity index (χ2n) is 5.33. The van der Waals surface area contributed by atoms with Crippen LogP contribution >= 0.6 is 0 Å². The molecule has 0 amide bonds. The first-order chi connectivity index (χ1) is 8.95. The Kier molecular flexibility index (Phi) is 4.16. The van der Waals surface area contributed by atoms with Gasteiger partial charge in [0.2, 0.25) is 10.0 Å². The SMILES string of the molecule is CCNc1ccc(S(=O)(=O)N2CC(C)C(C)C2)cc1. The molecule has 5 heteroatoms. The molecule has 4 nitrogen and oxygen atoms in total. The number of nitrogens with zero attached hydrogens (tertiary/aromatic N) is 1. The summed E-state index contributed by atoms with van der Waals surface area (Å²) >= 11 is 0. The molecule has 1 saturated heterocycles. The number of sulfonamides is 1. The summed E-state index contributed by atoms with van der Waals surface area (Å²) in [6.07, 6.45) is 0. The third kappa shape index (κ3) is 2.92. The van der Waals surface area contributed by atoms with Crippen molar-refractivity contribution in [2.24, 2.45) is 11.8 Å². The van der Waals surface area contributed by atoms with Gasteiger partial charge >= 0.3 is 0 Å². The Balaban J connectivity index is 2.20. The molecule has 0 saturated carbocycles. The van der Waals surface area contributed by atoms with Gasteiger partial charge in [0, 0.05) is 25.3 Å². The minimum absolute atomic E-state index is 0.385. The molecule has 1 heterocycles. The van der Waals surface area contributed by atoms with E-state index in [4.69, 9.17) is 0 Å². The van der Waals surface area contributed by atoms with Gasteiger partial charge in [-0.2, -0.15) is 4.31 Å². The molecule has 0 bridgehead atoms. The van der Waals surface area contributed by atoms with Crippen molar-refractivity contribution in [3.05, 3.63) is 24.3 Å². The molecular formula is C14H22N2O2S. The van der Waals surface area contributed by atoms with Gasteiger partial charge in [-0.1, -0.05) is 13.8 Å². The first kappa shape index (κ1) is 14.3. The Labute approximate surface area is 115 Å². The molecular weight excluding hydrogens is 260 g/mol. The molecule has 2 rings (SSSR count). The molecule has 106 valence electrons. The summed E-state index contributed by atoms with van der Waals surface area (Å²) in [4.78, 5) is 0.385. The minimum Gasteiger partial charge on any atom is -0.385 e. The van der Waals surface area contributed by atoms with Crippen LogP contribution in [0.15, 0.2) is 29.2 Å². The fraction of sp³-hybridized carbons (Fsp3) is 0.571. The predicted octanol–water partition coefficient (Wildman–Crippen LogP) is 2.39. The Morgan fingerprint density at radius 2 is 1.68 bits per heavy atom.